The molecular weight excluding hydrogens is 434 g/mol. The second-order valence-corrected chi connectivity index (χ2v) is 8.53. The Hall–Kier alpha value is -2.77. The predicted molar refractivity (Wildman–Crippen MR) is 123 cm³/mol. The van der Waals surface area contributed by atoms with E-state index < -0.39 is 5.92 Å². The zero-order valence-corrected chi connectivity index (χ0v) is 18.8. The van der Waals surface area contributed by atoms with Gasteiger partial charge in [0.15, 0.2) is 5.16 Å². The largest absolute Gasteiger partial charge is 0.494 e. The number of carbonyl (C=O) groups is 1. The van der Waals surface area contributed by atoms with E-state index in [9.17, 15) is 9.59 Å². The van der Waals surface area contributed by atoms with Crippen LogP contribution in [0, 0.1) is 0 Å². The molecule has 1 unspecified atom stereocenters. The summed E-state index contributed by atoms with van der Waals surface area (Å²) in [5.74, 6) is 1.15. The van der Waals surface area contributed by atoms with Crippen LogP contribution in [0.1, 0.15) is 36.0 Å². The molecule has 1 atom stereocenters. The fraction of sp³-hybridized carbons (Fsp3) is 0.261. The maximum atomic E-state index is 13.1. The van der Waals surface area contributed by atoms with Crippen LogP contribution in [0.15, 0.2) is 58.5 Å². The highest BCUT2D eigenvalue weighted by molar-refractivity contribution is 7.98. The molecule has 8 heteroatoms. The maximum absolute atomic E-state index is 13.1. The lowest BCUT2D eigenvalue weighted by Crippen LogP contribution is -2.33. The summed E-state index contributed by atoms with van der Waals surface area (Å²) in [5.41, 5.74) is 1.91. The summed E-state index contributed by atoms with van der Waals surface area (Å²) in [7, 11) is 1.80. The first-order valence-corrected chi connectivity index (χ1v) is 11.3. The van der Waals surface area contributed by atoms with Crippen molar-refractivity contribution in [1.29, 1.82) is 0 Å². The molecule has 1 N–H and O–H groups in total. The molecule has 0 fully saturated rings. The number of anilines is 1. The Morgan fingerprint density at radius 3 is 2.71 bits per heavy atom. The van der Waals surface area contributed by atoms with Crippen molar-refractivity contribution in [2.24, 2.45) is 7.05 Å². The zero-order valence-electron chi connectivity index (χ0n) is 17.2. The lowest BCUT2D eigenvalue weighted by molar-refractivity contribution is -0.116. The third-order valence-corrected chi connectivity index (χ3v) is 6.66. The molecule has 6 nitrogen and oxygen atoms in total. The smallest absolute Gasteiger partial charge is 0.279 e. The third-order valence-electron chi connectivity index (χ3n) is 5.21. The lowest BCUT2D eigenvalue weighted by Gasteiger charge is -2.28. The van der Waals surface area contributed by atoms with Gasteiger partial charge in [-0.05, 0) is 24.6 Å². The number of carbonyl (C=O) groups excluding carboxylic acids is 1. The average Bonchev–Trinajstić information content (AvgIpc) is 2.76. The average molecular weight is 456 g/mol. The van der Waals surface area contributed by atoms with Gasteiger partial charge in [0.1, 0.15) is 11.6 Å². The van der Waals surface area contributed by atoms with Crippen LogP contribution in [0.3, 0.4) is 0 Å². The second kappa shape index (κ2) is 9.16. The van der Waals surface area contributed by atoms with Gasteiger partial charge in [-0.1, -0.05) is 59.8 Å². The number of nitrogens with zero attached hydrogens (tertiary/aromatic N) is 2. The van der Waals surface area contributed by atoms with E-state index in [1.165, 1.54) is 11.8 Å². The molecule has 0 saturated heterocycles. The van der Waals surface area contributed by atoms with Gasteiger partial charge in [0.2, 0.25) is 5.91 Å². The molecule has 0 spiro atoms. The molecule has 4 rings (SSSR count). The number of hydrogen-bond donors (Lipinski definition) is 1. The number of para-hydroxylation sites is 1. The van der Waals surface area contributed by atoms with Crippen LogP contribution in [0.4, 0.5) is 5.82 Å². The molecule has 1 aliphatic rings. The first kappa shape index (κ1) is 21.5. The number of thioether (sulfide) groups is 1. The number of hydrogen-bond acceptors (Lipinski definition) is 5. The molecule has 31 heavy (non-hydrogen) atoms. The predicted octanol–water partition coefficient (Wildman–Crippen LogP) is 4.60. The number of ether oxygens (including phenoxy) is 1. The van der Waals surface area contributed by atoms with E-state index in [4.69, 9.17) is 16.3 Å². The number of rotatable bonds is 6. The molecule has 1 amide bonds. The van der Waals surface area contributed by atoms with Crippen LogP contribution in [-0.4, -0.2) is 22.1 Å². The fourth-order valence-corrected chi connectivity index (χ4v) is 4.99. The van der Waals surface area contributed by atoms with E-state index in [0.29, 0.717) is 39.7 Å². The highest BCUT2D eigenvalue weighted by Gasteiger charge is 2.33. The van der Waals surface area contributed by atoms with Gasteiger partial charge in [0.25, 0.3) is 5.56 Å². The monoisotopic (exact) mass is 455 g/mol. The van der Waals surface area contributed by atoms with E-state index >= 15 is 0 Å². The van der Waals surface area contributed by atoms with Gasteiger partial charge in [0, 0.05) is 35.7 Å². The normalized spacial score (nSPS) is 15.3. The number of amides is 1. The SMILES string of the molecule is CCOc1ccccc1C1CC(=O)Nc2c1c(=O)nc(SCc1ccccc1Cl)n2C. The molecule has 0 aliphatic carbocycles. The summed E-state index contributed by atoms with van der Waals surface area (Å²) in [6.07, 6.45) is 0.167. The van der Waals surface area contributed by atoms with Crippen molar-refractivity contribution in [1.82, 2.24) is 9.55 Å². The summed E-state index contributed by atoms with van der Waals surface area (Å²) in [5, 5.41) is 4.06. The first-order chi connectivity index (χ1) is 15.0. The van der Waals surface area contributed by atoms with Crippen molar-refractivity contribution >= 4 is 35.1 Å². The molecule has 1 aromatic heterocycles. The fourth-order valence-electron chi connectivity index (χ4n) is 3.74. The lowest BCUT2D eigenvalue weighted by atomic mass is 9.86. The Kier molecular flexibility index (Phi) is 6.34. The number of benzene rings is 2. The number of halogens is 1. The van der Waals surface area contributed by atoms with Gasteiger partial charge in [-0.2, -0.15) is 4.98 Å². The van der Waals surface area contributed by atoms with Gasteiger partial charge >= 0.3 is 0 Å². The summed E-state index contributed by atoms with van der Waals surface area (Å²) >= 11 is 7.65. The van der Waals surface area contributed by atoms with Gasteiger partial charge in [-0.15, -0.1) is 0 Å². The Morgan fingerprint density at radius 1 is 1.19 bits per heavy atom. The van der Waals surface area contributed by atoms with Crippen molar-refractivity contribution in [3.05, 3.63) is 80.6 Å². The van der Waals surface area contributed by atoms with Crippen molar-refractivity contribution in [2.75, 3.05) is 11.9 Å². The van der Waals surface area contributed by atoms with Crippen LogP contribution in [-0.2, 0) is 17.6 Å². The highest BCUT2D eigenvalue weighted by atomic mass is 35.5. The van der Waals surface area contributed by atoms with E-state index in [0.717, 1.165) is 11.1 Å². The highest BCUT2D eigenvalue weighted by Crippen LogP contribution is 2.39. The molecule has 160 valence electrons. The minimum Gasteiger partial charge on any atom is -0.494 e. The van der Waals surface area contributed by atoms with Crippen LogP contribution >= 0.6 is 23.4 Å². The molecule has 2 aromatic carbocycles. The Morgan fingerprint density at radius 2 is 1.94 bits per heavy atom. The van der Waals surface area contributed by atoms with Crippen LogP contribution < -0.4 is 15.6 Å². The van der Waals surface area contributed by atoms with Gasteiger partial charge in [-0.25, -0.2) is 0 Å². The summed E-state index contributed by atoms with van der Waals surface area (Å²) in [6, 6.07) is 15.1. The third kappa shape index (κ3) is 4.34. The first-order valence-electron chi connectivity index (χ1n) is 9.98. The Labute approximate surface area is 189 Å². The van der Waals surface area contributed by atoms with Gasteiger partial charge in [-0.3, -0.25) is 9.59 Å². The molecule has 0 saturated carbocycles. The molecule has 1 aliphatic heterocycles. The minimum absolute atomic E-state index is 0.146. The zero-order chi connectivity index (χ0) is 22.0. The van der Waals surface area contributed by atoms with Crippen molar-refractivity contribution in [2.45, 2.75) is 30.2 Å². The van der Waals surface area contributed by atoms with Crippen molar-refractivity contribution in [3.63, 3.8) is 0 Å². The van der Waals surface area contributed by atoms with E-state index in [1.807, 2.05) is 55.5 Å². The Bertz CT molecular complexity index is 1190. The maximum Gasteiger partial charge on any atom is 0.279 e. The summed E-state index contributed by atoms with van der Waals surface area (Å²) in [6.45, 7) is 2.40. The standard InChI is InChI=1S/C23H22ClN3O3S/c1-3-30-18-11-7-5-9-15(18)16-12-19(28)25-21-20(16)22(29)26-23(27(21)2)31-13-14-8-4-6-10-17(14)24/h4-11,16H,3,12-13H2,1-2H3,(H,25,28). The number of nitrogens with one attached hydrogen (secondary N) is 1. The quantitative estimate of drug-likeness (QED) is 0.434. The molecule has 2 heterocycles. The van der Waals surface area contributed by atoms with Gasteiger partial charge in [0.05, 0.1) is 12.2 Å². The molecule has 3 aromatic rings. The molecule has 0 radical (unpaired) electrons. The van der Waals surface area contributed by atoms with E-state index in [1.54, 1.807) is 11.6 Å². The van der Waals surface area contributed by atoms with Gasteiger partial charge < -0.3 is 14.6 Å². The molecule has 0 bridgehead atoms. The van der Waals surface area contributed by atoms with Crippen LogP contribution in [0.25, 0.3) is 0 Å². The van der Waals surface area contributed by atoms with E-state index in [2.05, 4.69) is 10.3 Å². The topological polar surface area (TPSA) is 73.2 Å². The van der Waals surface area contributed by atoms with Crippen molar-refractivity contribution < 1.29 is 9.53 Å². The summed E-state index contributed by atoms with van der Waals surface area (Å²) < 4.78 is 7.52. The van der Waals surface area contributed by atoms with Crippen LogP contribution in [0.2, 0.25) is 5.02 Å². The number of aromatic nitrogens is 2. The minimum atomic E-state index is -0.416. The van der Waals surface area contributed by atoms with Crippen molar-refractivity contribution in [3.8, 4) is 5.75 Å². The number of fused-ring (bicyclic) bond motifs is 1. The molecular formula is C23H22ClN3O3S. The van der Waals surface area contributed by atoms with Crippen LogP contribution in [0.5, 0.6) is 5.75 Å². The summed E-state index contributed by atoms with van der Waals surface area (Å²) in [4.78, 5) is 30.0. The Balaban J connectivity index is 1.74. The second-order valence-electron chi connectivity index (χ2n) is 7.18. The van der Waals surface area contributed by atoms with E-state index in [-0.39, 0.29) is 17.9 Å².